The Morgan fingerprint density at radius 2 is 1.96 bits per heavy atom. The molecule has 0 aliphatic heterocycles. The molecule has 6 heteroatoms. The van der Waals surface area contributed by atoms with E-state index in [4.69, 9.17) is 16.3 Å². The van der Waals surface area contributed by atoms with Gasteiger partial charge in [-0.05, 0) is 49.4 Å². The lowest BCUT2D eigenvalue weighted by molar-refractivity contribution is -0.713. The number of hydrogen-bond acceptors (Lipinski definition) is 2. The Bertz CT molecular complexity index is 722. The second-order valence-corrected chi connectivity index (χ2v) is 6.29. The Labute approximate surface area is 152 Å². The van der Waals surface area contributed by atoms with Gasteiger partial charge in [0.05, 0.1) is 17.8 Å². The van der Waals surface area contributed by atoms with E-state index in [0.29, 0.717) is 5.69 Å². The summed E-state index contributed by atoms with van der Waals surface area (Å²) < 4.78 is 18.3. The fourth-order valence-corrected chi connectivity index (χ4v) is 2.82. The standard InChI is InChI=1S/C19H22ClFN2O2/c1-4-17(13-5-8-15(25-3)9-6-13)22-12(2)19(24)23-18-10-7-14(21)11-16(18)20/h5-12,17,22H,4H2,1-3H3,(H,23,24)/p+1/t12-,17+/m1/s1. The summed E-state index contributed by atoms with van der Waals surface area (Å²) in [6.45, 7) is 3.91. The average molecular weight is 366 g/mol. The van der Waals surface area contributed by atoms with Crippen LogP contribution in [-0.4, -0.2) is 19.1 Å². The van der Waals surface area contributed by atoms with Crippen molar-refractivity contribution >= 4 is 23.2 Å². The maximum absolute atomic E-state index is 13.1. The summed E-state index contributed by atoms with van der Waals surface area (Å²) in [5.74, 6) is 0.184. The zero-order valence-electron chi connectivity index (χ0n) is 14.6. The van der Waals surface area contributed by atoms with Gasteiger partial charge in [0.2, 0.25) is 0 Å². The highest BCUT2D eigenvalue weighted by Gasteiger charge is 2.23. The molecule has 0 radical (unpaired) electrons. The van der Waals surface area contributed by atoms with E-state index in [-0.39, 0.29) is 23.0 Å². The third kappa shape index (κ3) is 5.18. The summed E-state index contributed by atoms with van der Waals surface area (Å²) in [4.78, 5) is 12.4. The van der Waals surface area contributed by atoms with Gasteiger partial charge in [-0.3, -0.25) is 4.79 Å². The molecular formula is C19H23ClFN2O2+. The van der Waals surface area contributed by atoms with Gasteiger partial charge in [0.15, 0.2) is 6.04 Å². The first-order chi connectivity index (χ1) is 11.9. The van der Waals surface area contributed by atoms with Gasteiger partial charge in [-0.1, -0.05) is 18.5 Å². The van der Waals surface area contributed by atoms with Crippen LogP contribution in [0, 0.1) is 5.82 Å². The minimum absolute atomic E-state index is 0.148. The third-order valence-corrected chi connectivity index (χ3v) is 4.42. The first-order valence-corrected chi connectivity index (χ1v) is 8.57. The van der Waals surface area contributed by atoms with E-state index in [9.17, 15) is 9.18 Å². The van der Waals surface area contributed by atoms with E-state index in [0.717, 1.165) is 17.7 Å². The van der Waals surface area contributed by atoms with Gasteiger partial charge in [-0.2, -0.15) is 0 Å². The zero-order valence-corrected chi connectivity index (χ0v) is 15.3. The number of nitrogens with two attached hydrogens (primary N) is 1. The number of benzene rings is 2. The topological polar surface area (TPSA) is 54.9 Å². The smallest absolute Gasteiger partial charge is 0.282 e. The second-order valence-electron chi connectivity index (χ2n) is 5.88. The Morgan fingerprint density at radius 1 is 1.28 bits per heavy atom. The quantitative estimate of drug-likeness (QED) is 0.788. The van der Waals surface area contributed by atoms with Crippen molar-refractivity contribution in [2.45, 2.75) is 32.4 Å². The molecule has 2 atom stereocenters. The number of amides is 1. The molecule has 4 nitrogen and oxygen atoms in total. The second kappa shape index (κ2) is 8.83. The van der Waals surface area contributed by atoms with Crippen LogP contribution in [-0.2, 0) is 4.79 Å². The largest absolute Gasteiger partial charge is 0.497 e. The number of nitrogens with one attached hydrogen (secondary N) is 1. The van der Waals surface area contributed by atoms with Crippen molar-refractivity contribution < 1.29 is 19.2 Å². The molecule has 0 aromatic heterocycles. The average Bonchev–Trinajstić information content (AvgIpc) is 2.61. The summed E-state index contributed by atoms with van der Waals surface area (Å²) >= 11 is 5.96. The molecule has 0 unspecified atom stereocenters. The van der Waals surface area contributed by atoms with E-state index in [1.807, 2.05) is 36.5 Å². The number of carbonyl (C=O) groups is 1. The molecule has 0 saturated carbocycles. The lowest BCUT2D eigenvalue weighted by atomic mass is 10.0. The van der Waals surface area contributed by atoms with Crippen molar-refractivity contribution in [2.24, 2.45) is 0 Å². The molecule has 0 aliphatic rings. The lowest BCUT2D eigenvalue weighted by Gasteiger charge is -2.19. The number of ether oxygens (including phenoxy) is 1. The van der Waals surface area contributed by atoms with Crippen LogP contribution in [0.5, 0.6) is 5.75 Å². The lowest BCUT2D eigenvalue weighted by Crippen LogP contribution is -2.92. The first-order valence-electron chi connectivity index (χ1n) is 8.19. The number of hydrogen-bond donors (Lipinski definition) is 2. The van der Waals surface area contributed by atoms with Crippen LogP contribution in [0.3, 0.4) is 0 Å². The molecule has 0 aliphatic carbocycles. The summed E-state index contributed by atoms with van der Waals surface area (Å²) in [6.07, 6.45) is 0.876. The highest BCUT2D eigenvalue weighted by atomic mass is 35.5. The monoisotopic (exact) mass is 365 g/mol. The van der Waals surface area contributed by atoms with Crippen molar-refractivity contribution in [1.29, 1.82) is 0 Å². The fraction of sp³-hybridized carbons (Fsp3) is 0.316. The minimum Gasteiger partial charge on any atom is -0.497 e. The van der Waals surface area contributed by atoms with Gasteiger partial charge in [-0.15, -0.1) is 0 Å². The van der Waals surface area contributed by atoms with E-state index in [1.165, 1.54) is 18.2 Å². The number of halogens is 2. The number of carbonyl (C=O) groups excluding carboxylic acids is 1. The van der Waals surface area contributed by atoms with Crippen LogP contribution < -0.4 is 15.4 Å². The van der Waals surface area contributed by atoms with E-state index in [2.05, 4.69) is 12.2 Å². The number of quaternary nitrogens is 1. The molecule has 134 valence electrons. The van der Waals surface area contributed by atoms with Crippen LogP contribution in [0.2, 0.25) is 5.02 Å². The first kappa shape index (κ1) is 19.2. The Kier molecular flexibility index (Phi) is 6.79. The van der Waals surface area contributed by atoms with Crippen LogP contribution in [0.25, 0.3) is 0 Å². The van der Waals surface area contributed by atoms with Gasteiger partial charge < -0.3 is 15.4 Å². The van der Waals surface area contributed by atoms with Crippen LogP contribution in [0.15, 0.2) is 42.5 Å². The maximum Gasteiger partial charge on any atom is 0.282 e. The molecule has 25 heavy (non-hydrogen) atoms. The van der Waals surface area contributed by atoms with Crippen molar-refractivity contribution in [3.63, 3.8) is 0 Å². The number of anilines is 1. The third-order valence-electron chi connectivity index (χ3n) is 4.11. The van der Waals surface area contributed by atoms with Crippen molar-refractivity contribution in [3.8, 4) is 5.75 Å². The minimum atomic E-state index is -0.437. The molecule has 1 amide bonds. The molecule has 0 fully saturated rings. The van der Waals surface area contributed by atoms with E-state index in [1.54, 1.807) is 7.11 Å². The van der Waals surface area contributed by atoms with Gasteiger partial charge in [0.1, 0.15) is 17.6 Å². The SMILES string of the molecule is CC[C@H]([NH2+][C@H](C)C(=O)Nc1ccc(F)cc1Cl)c1ccc(OC)cc1. The fourth-order valence-electron chi connectivity index (χ4n) is 2.61. The molecule has 2 aromatic rings. The maximum atomic E-state index is 13.1. The van der Waals surface area contributed by atoms with Crippen molar-refractivity contribution in [1.82, 2.24) is 0 Å². The molecule has 0 heterocycles. The van der Waals surface area contributed by atoms with Crippen LogP contribution in [0.4, 0.5) is 10.1 Å². The normalized spacial score (nSPS) is 13.2. The zero-order chi connectivity index (χ0) is 18.4. The predicted octanol–water partition coefficient (Wildman–Crippen LogP) is 3.53. The molecule has 0 spiro atoms. The summed E-state index contributed by atoms with van der Waals surface area (Å²) in [5, 5.41) is 4.94. The van der Waals surface area contributed by atoms with E-state index >= 15 is 0 Å². The Balaban J connectivity index is 2.02. The molecule has 0 bridgehead atoms. The molecule has 2 aromatic carbocycles. The van der Waals surface area contributed by atoms with Gasteiger partial charge in [0.25, 0.3) is 5.91 Å². The van der Waals surface area contributed by atoms with Gasteiger partial charge in [0, 0.05) is 12.0 Å². The van der Waals surface area contributed by atoms with Crippen molar-refractivity contribution in [2.75, 3.05) is 12.4 Å². The summed E-state index contributed by atoms with van der Waals surface area (Å²) in [6, 6.07) is 11.6. The van der Waals surface area contributed by atoms with Gasteiger partial charge in [-0.25, -0.2) is 4.39 Å². The van der Waals surface area contributed by atoms with Crippen LogP contribution >= 0.6 is 11.6 Å². The summed E-state index contributed by atoms with van der Waals surface area (Å²) in [7, 11) is 1.63. The highest BCUT2D eigenvalue weighted by molar-refractivity contribution is 6.33. The predicted molar refractivity (Wildman–Crippen MR) is 97.5 cm³/mol. The van der Waals surface area contributed by atoms with Crippen molar-refractivity contribution in [3.05, 3.63) is 58.9 Å². The molecule has 3 N–H and O–H groups in total. The number of rotatable bonds is 7. The molecular weight excluding hydrogens is 343 g/mol. The molecule has 2 rings (SSSR count). The number of methoxy groups -OCH3 is 1. The molecule has 0 saturated heterocycles. The Morgan fingerprint density at radius 3 is 2.52 bits per heavy atom. The van der Waals surface area contributed by atoms with Gasteiger partial charge >= 0.3 is 0 Å². The highest BCUT2D eigenvalue weighted by Crippen LogP contribution is 2.22. The van der Waals surface area contributed by atoms with E-state index < -0.39 is 5.82 Å². The Hall–Kier alpha value is -2.11. The summed E-state index contributed by atoms with van der Waals surface area (Å²) in [5.41, 5.74) is 1.54. The van der Waals surface area contributed by atoms with Crippen LogP contribution in [0.1, 0.15) is 31.9 Å².